The number of aliphatic imine (C=N–C) groups is 1. The third-order valence-electron chi connectivity index (χ3n) is 3.16. The molecule has 2 N–H and O–H groups in total. The summed E-state index contributed by atoms with van der Waals surface area (Å²) in [6, 6.07) is 8.48. The van der Waals surface area contributed by atoms with Gasteiger partial charge in [-0.05, 0) is 38.7 Å². The first-order chi connectivity index (χ1) is 10.3. The van der Waals surface area contributed by atoms with Crippen molar-refractivity contribution in [1.82, 2.24) is 10.6 Å². The molecule has 0 radical (unpaired) electrons. The predicted octanol–water partition coefficient (Wildman–Crippen LogP) is 3.48. The van der Waals surface area contributed by atoms with Crippen LogP contribution in [-0.4, -0.2) is 32.8 Å². The quantitative estimate of drug-likeness (QED) is 0.279. The number of nitrogens with zero attached hydrogens (tertiary/aromatic N) is 1. The molecule has 0 amide bonds. The van der Waals surface area contributed by atoms with E-state index < -0.39 is 0 Å². The molecule has 0 aliphatic heterocycles. The molecule has 1 rings (SSSR count). The van der Waals surface area contributed by atoms with Gasteiger partial charge in [0.1, 0.15) is 0 Å². The molecule has 0 saturated carbocycles. The van der Waals surface area contributed by atoms with E-state index >= 15 is 0 Å². The molecule has 4 nitrogen and oxygen atoms in total. The second-order valence-corrected chi connectivity index (χ2v) is 5.16. The molecule has 0 saturated heterocycles. The lowest BCUT2D eigenvalue weighted by Crippen LogP contribution is -2.37. The van der Waals surface area contributed by atoms with Crippen LogP contribution in [0.5, 0.6) is 0 Å². The van der Waals surface area contributed by atoms with Crippen LogP contribution in [-0.2, 0) is 11.3 Å². The fraction of sp³-hybridized carbons (Fsp3) is 0.588. The van der Waals surface area contributed by atoms with E-state index in [1.54, 1.807) is 7.11 Å². The average Bonchev–Trinajstić information content (AvgIpc) is 2.48. The molecule has 0 aliphatic rings. The minimum Gasteiger partial charge on any atom is -0.385 e. The van der Waals surface area contributed by atoms with Crippen LogP contribution in [0.2, 0.25) is 0 Å². The summed E-state index contributed by atoms with van der Waals surface area (Å²) in [7, 11) is 1.75. The molecule has 126 valence electrons. The summed E-state index contributed by atoms with van der Waals surface area (Å²) < 4.78 is 5.05. The summed E-state index contributed by atoms with van der Waals surface area (Å²) in [6.45, 7) is 7.58. The Morgan fingerprint density at radius 2 is 2.00 bits per heavy atom. The van der Waals surface area contributed by atoms with Crippen LogP contribution in [0.15, 0.2) is 29.3 Å². The lowest BCUT2D eigenvalue weighted by molar-refractivity contribution is 0.192. The maximum atomic E-state index is 5.05. The van der Waals surface area contributed by atoms with Gasteiger partial charge < -0.3 is 15.4 Å². The van der Waals surface area contributed by atoms with E-state index in [4.69, 9.17) is 4.74 Å². The van der Waals surface area contributed by atoms with E-state index in [-0.39, 0.29) is 24.0 Å². The van der Waals surface area contributed by atoms with E-state index in [0.29, 0.717) is 6.54 Å². The molecule has 0 atom stereocenters. The van der Waals surface area contributed by atoms with Gasteiger partial charge in [0, 0.05) is 26.8 Å². The first-order valence-electron chi connectivity index (χ1n) is 7.83. The summed E-state index contributed by atoms with van der Waals surface area (Å²) in [5.74, 6) is 0.894. The number of ether oxygens (including phenoxy) is 1. The van der Waals surface area contributed by atoms with Gasteiger partial charge in [0.25, 0.3) is 0 Å². The lowest BCUT2D eigenvalue weighted by Gasteiger charge is -2.11. The molecule has 22 heavy (non-hydrogen) atoms. The number of benzene rings is 1. The molecule has 0 aliphatic carbocycles. The highest BCUT2D eigenvalue weighted by Gasteiger charge is 1.98. The number of nitrogens with one attached hydrogen (secondary N) is 2. The minimum absolute atomic E-state index is 0. The van der Waals surface area contributed by atoms with Crippen molar-refractivity contribution in [1.29, 1.82) is 0 Å². The number of hydrogen-bond donors (Lipinski definition) is 2. The maximum absolute atomic E-state index is 5.05. The molecule has 0 aromatic heterocycles. The van der Waals surface area contributed by atoms with E-state index in [1.807, 2.05) is 0 Å². The number of halogens is 1. The third-order valence-corrected chi connectivity index (χ3v) is 3.16. The third kappa shape index (κ3) is 10.00. The Balaban J connectivity index is 0.00000441. The normalized spacial score (nSPS) is 11.0. The Morgan fingerprint density at radius 1 is 1.18 bits per heavy atom. The number of unbranched alkanes of at least 4 members (excludes halogenated alkanes) is 2. The highest BCUT2D eigenvalue weighted by Crippen LogP contribution is 2.05. The van der Waals surface area contributed by atoms with Crippen molar-refractivity contribution in [3.63, 3.8) is 0 Å². The molecule has 0 unspecified atom stereocenters. The smallest absolute Gasteiger partial charge is 0.191 e. The first-order valence-corrected chi connectivity index (χ1v) is 7.83. The Hall–Kier alpha value is -0.820. The van der Waals surface area contributed by atoms with E-state index in [2.05, 4.69) is 53.7 Å². The van der Waals surface area contributed by atoms with E-state index in [0.717, 1.165) is 38.5 Å². The van der Waals surface area contributed by atoms with Crippen LogP contribution in [0, 0.1) is 6.92 Å². The summed E-state index contributed by atoms with van der Waals surface area (Å²) in [5, 5.41) is 6.66. The molecular formula is C17H30IN3O. The average molecular weight is 419 g/mol. The van der Waals surface area contributed by atoms with Crippen LogP contribution < -0.4 is 10.6 Å². The summed E-state index contributed by atoms with van der Waals surface area (Å²) in [6.07, 6.45) is 3.44. The Kier molecular flexibility index (Phi) is 13.3. The largest absolute Gasteiger partial charge is 0.385 e. The Labute approximate surface area is 152 Å². The summed E-state index contributed by atoms with van der Waals surface area (Å²) in [5.41, 5.74) is 2.52. The second kappa shape index (κ2) is 13.8. The van der Waals surface area contributed by atoms with Crippen molar-refractivity contribution >= 4 is 29.9 Å². The van der Waals surface area contributed by atoms with Crippen molar-refractivity contribution in [2.75, 3.05) is 26.8 Å². The van der Waals surface area contributed by atoms with Crippen LogP contribution in [0.3, 0.4) is 0 Å². The van der Waals surface area contributed by atoms with Gasteiger partial charge in [-0.2, -0.15) is 0 Å². The highest BCUT2D eigenvalue weighted by atomic mass is 127. The lowest BCUT2D eigenvalue weighted by atomic mass is 10.1. The molecule has 0 fully saturated rings. The highest BCUT2D eigenvalue weighted by molar-refractivity contribution is 14.0. The molecule has 5 heteroatoms. The molecule has 0 heterocycles. The molecule has 0 bridgehead atoms. The fourth-order valence-electron chi connectivity index (χ4n) is 2.08. The number of methoxy groups -OCH3 is 1. The topological polar surface area (TPSA) is 45.7 Å². The zero-order valence-corrected chi connectivity index (χ0v) is 16.4. The van der Waals surface area contributed by atoms with Gasteiger partial charge in [-0.1, -0.05) is 29.8 Å². The van der Waals surface area contributed by atoms with Crippen LogP contribution in [0.1, 0.15) is 37.3 Å². The van der Waals surface area contributed by atoms with Crippen molar-refractivity contribution in [2.45, 2.75) is 39.7 Å². The van der Waals surface area contributed by atoms with Crippen molar-refractivity contribution in [2.24, 2.45) is 4.99 Å². The number of hydrogen-bond acceptors (Lipinski definition) is 2. The minimum atomic E-state index is 0. The van der Waals surface area contributed by atoms with Gasteiger partial charge in [-0.25, -0.2) is 4.99 Å². The van der Waals surface area contributed by atoms with Crippen LogP contribution in [0.25, 0.3) is 0 Å². The number of aryl methyl sites for hydroxylation is 1. The van der Waals surface area contributed by atoms with Gasteiger partial charge in [0.2, 0.25) is 0 Å². The zero-order valence-electron chi connectivity index (χ0n) is 14.0. The van der Waals surface area contributed by atoms with Crippen LogP contribution >= 0.6 is 24.0 Å². The molecule has 0 spiro atoms. The van der Waals surface area contributed by atoms with Crippen molar-refractivity contribution < 1.29 is 4.74 Å². The first kappa shape index (κ1) is 21.2. The van der Waals surface area contributed by atoms with Gasteiger partial charge in [0.15, 0.2) is 5.96 Å². The zero-order chi connectivity index (χ0) is 15.3. The van der Waals surface area contributed by atoms with Gasteiger partial charge >= 0.3 is 0 Å². The monoisotopic (exact) mass is 419 g/mol. The van der Waals surface area contributed by atoms with Crippen molar-refractivity contribution in [3.8, 4) is 0 Å². The number of rotatable bonds is 9. The standard InChI is InChI=1S/C17H29N3O.HI/c1-4-18-17(19-11-6-5-7-12-21-3)20-14-16-10-8-9-15(2)13-16;/h8-10,13H,4-7,11-12,14H2,1-3H3,(H2,18,19,20);1H. The Bertz CT molecular complexity index is 424. The van der Waals surface area contributed by atoms with Crippen LogP contribution in [0.4, 0.5) is 0 Å². The Morgan fingerprint density at radius 3 is 2.68 bits per heavy atom. The predicted molar refractivity (Wildman–Crippen MR) is 105 cm³/mol. The molecule has 1 aromatic carbocycles. The maximum Gasteiger partial charge on any atom is 0.191 e. The summed E-state index contributed by atoms with van der Waals surface area (Å²) in [4.78, 5) is 4.63. The van der Waals surface area contributed by atoms with E-state index in [1.165, 1.54) is 17.5 Å². The second-order valence-electron chi connectivity index (χ2n) is 5.16. The number of guanidine groups is 1. The SMILES string of the molecule is CCNC(=NCc1cccc(C)c1)NCCCCCOC.I. The fourth-order valence-corrected chi connectivity index (χ4v) is 2.08. The van der Waals surface area contributed by atoms with Gasteiger partial charge in [0.05, 0.1) is 6.54 Å². The molecule has 1 aromatic rings. The van der Waals surface area contributed by atoms with Crippen molar-refractivity contribution in [3.05, 3.63) is 35.4 Å². The van der Waals surface area contributed by atoms with Gasteiger partial charge in [-0.3, -0.25) is 0 Å². The van der Waals surface area contributed by atoms with Gasteiger partial charge in [-0.15, -0.1) is 24.0 Å². The molecular weight excluding hydrogens is 389 g/mol. The summed E-state index contributed by atoms with van der Waals surface area (Å²) >= 11 is 0. The van der Waals surface area contributed by atoms with E-state index in [9.17, 15) is 0 Å².